The maximum absolute atomic E-state index is 10.9. The summed E-state index contributed by atoms with van der Waals surface area (Å²) in [6.07, 6.45) is 1.46. The Labute approximate surface area is 124 Å². The number of ether oxygens (including phenoxy) is 1. The van der Waals surface area contributed by atoms with Crippen LogP contribution in [-0.4, -0.2) is 40.2 Å². The van der Waals surface area contributed by atoms with Gasteiger partial charge in [0.05, 0.1) is 17.1 Å². The van der Waals surface area contributed by atoms with Crippen molar-refractivity contribution in [2.45, 2.75) is 45.4 Å². The van der Waals surface area contributed by atoms with Gasteiger partial charge >= 0.3 is 0 Å². The van der Waals surface area contributed by atoms with Gasteiger partial charge in [-0.2, -0.15) is 0 Å². The van der Waals surface area contributed by atoms with Gasteiger partial charge in [0, 0.05) is 30.8 Å². The average Bonchev–Trinajstić information content (AvgIpc) is 2.40. The van der Waals surface area contributed by atoms with Crippen molar-refractivity contribution in [3.05, 3.63) is 33.9 Å². The van der Waals surface area contributed by atoms with Crippen LogP contribution >= 0.6 is 0 Å². The predicted octanol–water partition coefficient (Wildman–Crippen LogP) is 2.34. The lowest BCUT2D eigenvalue weighted by molar-refractivity contribution is -0.385. The molecule has 6 nitrogen and oxygen atoms in total. The van der Waals surface area contributed by atoms with E-state index < -0.39 is 4.92 Å². The lowest BCUT2D eigenvalue weighted by atomic mass is 10.1. The molecule has 0 amide bonds. The van der Waals surface area contributed by atoms with E-state index in [0.29, 0.717) is 18.8 Å². The molecule has 1 saturated heterocycles. The predicted molar refractivity (Wildman–Crippen MR) is 79.4 cm³/mol. The van der Waals surface area contributed by atoms with Crippen LogP contribution in [0.3, 0.4) is 0 Å². The van der Waals surface area contributed by atoms with Crippen LogP contribution < -0.4 is 4.74 Å². The fraction of sp³-hybridized carbons (Fsp3) is 0.600. The number of aliphatic hydroxyl groups is 1. The molecule has 1 aromatic carbocycles. The molecule has 0 radical (unpaired) electrons. The Kier molecular flexibility index (Phi) is 5.14. The third-order valence-corrected chi connectivity index (χ3v) is 3.49. The molecule has 1 fully saturated rings. The van der Waals surface area contributed by atoms with Crippen molar-refractivity contribution in [1.82, 2.24) is 4.90 Å². The van der Waals surface area contributed by atoms with Crippen LogP contribution in [-0.2, 0) is 6.54 Å². The van der Waals surface area contributed by atoms with E-state index in [1.165, 1.54) is 6.07 Å². The summed E-state index contributed by atoms with van der Waals surface area (Å²) in [7, 11) is 0. The van der Waals surface area contributed by atoms with Gasteiger partial charge < -0.3 is 9.84 Å². The molecule has 21 heavy (non-hydrogen) atoms. The molecule has 0 spiro atoms. The Hall–Kier alpha value is -1.66. The fourth-order valence-electron chi connectivity index (χ4n) is 2.59. The minimum atomic E-state index is -0.395. The van der Waals surface area contributed by atoms with Crippen LogP contribution in [0, 0.1) is 10.1 Å². The molecule has 116 valence electrons. The highest BCUT2D eigenvalue weighted by Crippen LogP contribution is 2.27. The van der Waals surface area contributed by atoms with E-state index in [2.05, 4.69) is 4.90 Å². The molecular formula is C15H22N2O4. The Morgan fingerprint density at radius 1 is 1.52 bits per heavy atom. The van der Waals surface area contributed by atoms with E-state index in [4.69, 9.17) is 4.74 Å². The second-order valence-electron chi connectivity index (χ2n) is 5.75. The van der Waals surface area contributed by atoms with Crippen molar-refractivity contribution in [1.29, 1.82) is 0 Å². The largest absolute Gasteiger partial charge is 0.491 e. The Morgan fingerprint density at radius 3 is 2.90 bits per heavy atom. The van der Waals surface area contributed by atoms with Crippen LogP contribution in [0.25, 0.3) is 0 Å². The number of piperidine rings is 1. The number of benzene rings is 1. The maximum Gasteiger partial charge on any atom is 0.270 e. The molecule has 1 aliphatic rings. The first-order valence-corrected chi connectivity index (χ1v) is 7.30. The second kappa shape index (κ2) is 6.87. The second-order valence-corrected chi connectivity index (χ2v) is 5.75. The van der Waals surface area contributed by atoms with Crippen LogP contribution in [0.5, 0.6) is 5.75 Å². The standard InChI is InChI=1S/C15H22N2O4/c1-11(2)21-15-6-5-13(17(19)20)8-12(15)9-16-7-3-4-14(18)10-16/h5-6,8,11,14,18H,3-4,7,9-10H2,1-2H3/t14-/m1/s1. The van der Waals surface area contributed by atoms with E-state index >= 15 is 0 Å². The Balaban J connectivity index is 2.20. The Bertz CT molecular complexity index is 504. The average molecular weight is 294 g/mol. The Morgan fingerprint density at radius 2 is 2.29 bits per heavy atom. The molecule has 1 heterocycles. The minimum absolute atomic E-state index is 0.0113. The number of nitrogens with zero attached hydrogens (tertiary/aromatic N) is 2. The molecule has 1 N–H and O–H groups in total. The molecule has 0 unspecified atom stereocenters. The zero-order valence-corrected chi connectivity index (χ0v) is 12.5. The number of nitro groups is 1. The van der Waals surface area contributed by atoms with Gasteiger partial charge in [-0.05, 0) is 39.3 Å². The molecular weight excluding hydrogens is 272 g/mol. The molecule has 0 aromatic heterocycles. The first-order valence-electron chi connectivity index (χ1n) is 7.30. The highest BCUT2D eigenvalue weighted by molar-refractivity contribution is 5.44. The number of hydrogen-bond donors (Lipinski definition) is 1. The van der Waals surface area contributed by atoms with Gasteiger partial charge in [0.1, 0.15) is 5.75 Å². The van der Waals surface area contributed by atoms with Crippen LogP contribution in [0.15, 0.2) is 18.2 Å². The molecule has 0 saturated carbocycles. The summed E-state index contributed by atoms with van der Waals surface area (Å²) in [6.45, 7) is 5.90. The van der Waals surface area contributed by atoms with Gasteiger partial charge in [-0.3, -0.25) is 15.0 Å². The topological polar surface area (TPSA) is 75.8 Å². The number of nitro benzene ring substituents is 1. The van der Waals surface area contributed by atoms with E-state index in [1.807, 2.05) is 13.8 Å². The van der Waals surface area contributed by atoms with E-state index in [1.54, 1.807) is 12.1 Å². The van der Waals surface area contributed by atoms with Gasteiger partial charge in [-0.1, -0.05) is 0 Å². The SMILES string of the molecule is CC(C)Oc1ccc([N+](=O)[O-])cc1CN1CCC[C@@H](O)C1. The summed E-state index contributed by atoms with van der Waals surface area (Å²) >= 11 is 0. The summed E-state index contributed by atoms with van der Waals surface area (Å²) in [5, 5.41) is 20.7. The van der Waals surface area contributed by atoms with Crippen molar-refractivity contribution in [2.75, 3.05) is 13.1 Å². The lowest BCUT2D eigenvalue weighted by Crippen LogP contribution is -2.37. The van der Waals surface area contributed by atoms with Gasteiger partial charge in [0.2, 0.25) is 0 Å². The lowest BCUT2D eigenvalue weighted by Gasteiger charge is -2.30. The molecule has 1 aliphatic heterocycles. The van der Waals surface area contributed by atoms with Crippen molar-refractivity contribution >= 4 is 5.69 Å². The number of rotatable bonds is 5. The summed E-state index contributed by atoms with van der Waals surface area (Å²) < 4.78 is 5.74. The zero-order valence-electron chi connectivity index (χ0n) is 12.5. The van der Waals surface area contributed by atoms with Gasteiger partial charge in [-0.15, -0.1) is 0 Å². The van der Waals surface area contributed by atoms with Crippen LogP contribution in [0.1, 0.15) is 32.3 Å². The molecule has 2 rings (SSSR count). The third-order valence-electron chi connectivity index (χ3n) is 3.49. The number of β-amino-alcohol motifs (C(OH)–C–C–N with tert-alkyl or cyclic N) is 1. The summed E-state index contributed by atoms with van der Waals surface area (Å²) in [5.41, 5.74) is 0.866. The maximum atomic E-state index is 10.9. The van der Waals surface area contributed by atoms with Crippen molar-refractivity contribution in [3.8, 4) is 5.75 Å². The molecule has 1 atom stereocenters. The molecule has 0 aliphatic carbocycles. The number of aliphatic hydroxyl groups excluding tert-OH is 1. The van der Waals surface area contributed by atoms with Crippen molar-refractivity contribution < 1.29 is 14.8 Å². The van der Waals surface area contributed by atoms with Gasteiger partial charge in [0.25, 0.3) is 5.69 Å². The van der Waals surface area contributed by atoms with Gasteiger partial charge in [0.15, 0.2) is 0 Å². The van der Waals surface area contributed by atoms with Crippen LogP contribution in [0.4, 0.5) is 5.69 Å². The number of likely N-dealkylation sites (tertiary alicyclic amines) is 1. The highest BCUT2D eigenvalue weighted by atomic mass is 16.6. The zero-order chi connectivity index (χ0) is 15.4. The van der Waals surface area contributed by atoms with E-state index in [-0.39, 0.29) is 17.9 Å². The summed E-state index contributed by atoms with van der Waals surface area (Å²) in [5.74, 6) is 0.677. The van der Waals surface area contributed by atoms with E-state index in [9.17, 15) is 15.2 Å². The van der Waals surface area contributed by atoms with E-state index in [0.717, 1.165) is 24.9 Å². The smallest absolute Gasteiger partial charge is 0.270 e. The molecule has 0 bridgehead atoms. The first-order chi connectivity index (χ1) is 9.95. The highest BCUT2D eigenvalue weighted by Gasteiger charge is 2.20. The molecule has 6 heteroatoms. The normalized spacial score (nSPS) is 19.7. The number of non-ortho nitro benzene ring substituents is 1. The quantitative estimate of drug-likeness (QED) is 0.666. The molecule has 1 aromatic rings. The van der Waals surface area contributed by atoms with Crippen molar-refractivity contribution in [2.24, 2.45) is 0 Å². The minimum Gasteiger partial charge on any atom is -0.491 e. The summed E-state index contributed by atoms with van der Waals surface area (Å²) in [6, 6.07) is 4.69. The first kappa shape index (κ1) is 15.7. The summed E-state index contributed by atoms with van der Waals surface area (Å²) in [4.78, 5) is 12.7. The van der Waals surface area contributed by atoms with Crippen molar-refractivity contribution in [3.63, 3.8) is 0 Å². The van der Waals surface area contributed by atoms with Gasteiger partial charge in [-0.25, -0.2) is 0 Å². The number of hydrogen-bond acceptors (Lipinski definition) is 5. The third kappa shape index (κ3) is 4.41. The van der Waals surface area contributed by atoms with Crippen LogP contribution in [0.2, 0.25) is 0 Å². The fourth-order valence-corrected chi connectivity index (χ4v) is 2.59. The monoisotopic (exact) mass is 294 g/mol.